The number of methoxy groups -OCH3 is 1. The number of ether oxygens (including phenoxy) is 1. The van der Waals surface area contributed by atoms with E-state index in [1.54, 1.807) is 36.5 Å². The first-order chi connectivity index (χ1) is 15.8. The summed E-state index contributed by atoms with van der Waals surface area (Å²) in [5.74, 6) is -2.46. The van der Waals surface area contributed by atoms with Crippen LogP contribution in [-0.2, 0) is 14.3 Å². The molecular weight excluding hydrogens is 422 g/mol. The molecule has 8 nitrogen and oxygen atoms in total. The number of hydrogen-bond donors (Lipinski definition) is 2. The second-order valence-corrected chi connectivity index (χ2v) is 8.29. The number of aromatic nitrogens is 1. The van der Waals surface area contributed by atoms with Gasteiger partial charge in [0.2, 0.25) is 5.78 Å². The number of fused-ring (bicyclic) bond motifs is 1. The molecule has 0 spiro atoms. The summed E-state index contributed by atoms with van der Waals surface area (Å²) in [6.45, 7) is 0.908. The molecule has 8 heteroatoms. The molecule has 0 aliphatic carbocycles. The third-order valence-electron chi connectivity index (χ3n) is 5.86. The average molecular weight is 447 g/mol. The van der Waals surface area contributed by atoms with Crippen molar-refractivity contribution in [3.8, 4) is 0 Å². The molecule has 0 bridgehead atoms. The number of aromatic amines is 1. The normalized spacial score (nSPS) is 17.8. The van der Waals surface area contributed by atoms with Crippen LogP contribution in [0.3, 0.4) is 0 Å². The lowest BCUT2D eigenvalue weighted by Gasteiger charge is -2.27. The van der Waals surface area contributed by atoms with Crippen molar-refractivity contribution in [2.45, 2.75) is 6.04 Å². The first-order valence-corrected chi connectivity index (χ1v) is 10.6. The summed E-state index contributed by atoms with van der Waals surface area (Å²) in [6, 6.07) is 12.9. The van der Waals surface area contributed by atoms with E-state index in [1.807, 2.05) is 32.3 Å². The highest BCUT2D eigenvalue weighted by atomic mass is 16.5. The quantitative estimate of drug-likeness (QED) is 0.245. The number of nitrogens with one attached hydrogen (secondary N) is 2. The molecule has 1 aliphatic heterocycles. The molecule has 1 saturated heterocycles. The lowest BCUT2D eigenvalue weighted by molar-refractivity contribution is -0.857. The maximum atomic E-state index is 13.6. The van der Waals surface area contributed by atoms with Crippen molar-refractivity contribution in [3.63, 3.8) is 0 Å². The van der Waals surface area contributed by atoms with Crippen LogP contribution >= 0.6 is 0 Å². The first-order valence-electron chi connectivity index (χ1n) is 10.6. The zero-order valence-electron chi connectivity index (χ0n) is 18.7. The fourth-order valence-electron chi connectivity index (χ4n) is 4.12. The highest BCUT2D eigenvalue weighted by Gasteiger charge is 2.44. The lowest BCUT2D eigenvalue weighted by atomic mass is 9.94. The molecule has 1 aromatic heterocycles. The number of quaternary nitrogens is 1. The van der Waals surface area contributed by atoms with Crippen molar-refractivity contribution >= 4 is 34.3 Å². The third-order valence-corrected chi connectivity index (χ3v) is 5.86. The van der Waals surface area contributed by atoms with E-state index in [1.165, 1.54) is 12.0 Å². The number of hydrogen-bond acceptors (Lipinski definition) is 5. The van der Waals surface area contributed by atoms with Crippen LogP contribution in [0, 0.1) is 0 Å². The summed E-state index contributed by atoms with van der Waals surface area (Å²) in [4.78, 5) is 43.5. The van der Waals surface area contributed by atoms with Gasteiger partial charge in [-0.25, -0.2) is 4.79 Å². The molecule has 1 atom stereocenters. The first kappa shape index (κ1) is 22.3. The Labute approximate surface area is 191 Å². The van der Waals surface area contributed by atoms with E-state index in [2.05, 4.69) is 4.98 Å². The van der Waals surface area contributed by atoms with Gasteiger partial charge in [0.25, 0.3) is 5.91 Å². The van der Waals surface area contributed by atoms with Crippen LogP contribution in [-0.4, -0.2) is 61.8 Å². The zero-order chi connectivity index (χ0) is 23.7. The summed E-state index contributed by atoms with van der Waals surface area (Å²) in [6.07, 6.45) is 1.57. The fraction of sp³-hybridized carbons (Fsp3) is 0.240. The van der Waals surface area contributed by atoms with Crippen LogP contribution in [0.15, 0.2) is 60.3 Å². The number of H-pyrrole nitrogens is 1. The molecule has 1 unspecified atom stereocenters. The molecule has 2 heterocycles. The fourth-order valence-corrected chi connectivity index (χ4v) is 4.12. The van der Waals surface area contributed by atoms with Crippen LogP contribution in [0.2, 0.25) is 0 Å². The van der Waals surface area contributed by atoms with Gasteiger partial charge in [0.15, 0.2) is 0 Å². The second-order valence-electron chi connectivity index (χ2n) is 8.29. The third kappa shape index (κ3) is 4.01. The number of esters is 1. The van der Waals surface area contributed by atoms with Gasteiger partial charge >= 0.3 is 5.97 Å². The molecule has 3 aromatic rings. The van der Waals surface area contributed by atoms with E-state index < -0.39 is 29.5 Å². The highest BCUT2D eigenvalue weighted by molar-refractivity contribution is 6.46. The Hall–Kier alpha value is -3.91. The maximum Gasteiger partial charge on any atom is 0.337 e. The monoisotopic (exact) mass is 447 g/mol. The van der Waals surface area contributed by atoms with Crippen molar-refractivity contribution in [2.75, 3.05) is 34.3 Å². The minimum atomic E-state index is -0.836. The van der Waals surface area contributed by atoms with Crippen LogP contribution in [0.5, 0.6) is 0 Å². The average Bonchev–Trinajstić information content (AvgIpc) is 3.36. The molecule has 0 radical (unpaired) electrons. The van der Waals surface area contributed by atoms with Crippen LogP contribution in [0.4, 0.5) is 0 Å². The minimum Gasteiger partial charge on any atom is -0.872 e. The largest absolute Gasteiger partial charge is 0.872 e. The Balaban J connectivity index is 1.86. The van der Waals surface area contributed by atoms with Crippen molar-refractivity contribution in [3.05, 3.63) is 77.0 Å². The summed E-state index contributed by atoms with van der Waals surface area (Å²) in [7, 11) is 5.19. The number of carbonyl (C=O) groups is 3. The molecular formula is C25H25N3O5. The van der Waals surface area contributed by atoms with Gasteiger partial charge in [-0.3, -0.25) is 9.59 Å². The van der Waals surface area contributed by atoms with E-state index in [0.29, 0.717) is 35.2 Å². The number of benzene rings is 2. The molecule has 1 aliphatic rings. The van der Waals surface area contributed by atoms with Crippen molar-refractivity contribution < 1.29 is 29.1 Å². The van der Waals surface area contributed by atoms with Crippen molar-refractivity contribution in [1.29, 1.82) is 0 Å². The van der Waals surface area contributed by atoms with Gasteiger partial charge in [-0.15, -0.1) is 0 Å². The van der Waals surface area contributed by atoms with Gasteiger partial charge in [0.05, 0.1) is 45.9 Å². The Morgan fingerprint density at radius 1 is 1.12 bits per heavy atom. The number of rotatable bonds is 6. The van der Waals surface area contributed by atoms with E-state index in [4.69, 9.17) is 4.74 Å². The number of Topliss-reactive ketones (excluding diaryl/α,β-unsaturated/α-hetero) is 1. The Morgan fingerprint density at radius 3 is 2.48 bits per heavy atom. The topological polar surface area (TPSA) is 107 Å². The van der Waals surface area contributed by atoms with Gasteiger partial charge < -0.3 is 24.6 Å². The molecule has 4 rings (SSSR count). The minimum absolute atomic E-state index is 0.0793. The maximum absolute atomic E-state index is 13.6. The predicted molar refractivity (Wildman–Crippen MR) is 120 cm³/mol. The SMILES string of the molecule is COC(=O)c1ccc(C2C(=C([O-])c3c[nH]c4ccccc34)C(=O)C(=O)N2CC[NH+](C)C)cc1. The summed E-state index contributed by atoms with van der Waals surface area (Å²) < 4.78 is 4.75. The smallest absolute Gasteiger partial charge is 0.337 e. The Morgan fingerprint density at radius 2 is 1.82 bits per heavy atom. The van der Waals surface area contributed by atoms with Gasteiger partial charge in [-0.1, -0.05) is 36.1 Å². The number of para-hydroxylation sites is 1. The van der Waals surface area contributed by atoms with E-state index in [0.717, 1.165) is 10.4 Å². The highest BCUT2D eigenvalue weighted by Crippen LogP contribution is 2.39. The Bertz CT molecular complexity index is 1260. The summed E-state index contributed by atoms with van der Waals surface area (Å²) >= 11 is 0. The zero-order valence-corrected chi connectivity index (χ0v) is 18.7. The van der Waals surface area contributed by atoms with Crippen molar-refractivity contribution in [2.24, 2.45) is 0 Å². The van der Waals surface area contributed by atoms with Gasteiger partial charge in [-0.05, 0) is 29.3 Å². The number of carbonyl (C=O) groups excluding carboxylic acids is 3. The molecule has 1 amide bonds. The number of likely N-dealkylation sites (N-methyl/N-ethyl adjacent to an activating group) is 1. The number of amides is 1. The molecule has 2 aromatic carbocycles. The van der Waals surface area contributed by atoms with Gasteiger partial charge in [0, 0.05) is 22.7 Å². The van der Waals surface area contributed by atoms with Gasteiger partial charge in [-0.2, -0.15) is 0 Å². The molecule has 2 N–H and O–H groups in total. The van der Waals surface area contributed by atoms with E-state index in [-0.39, 0.29) is 5.57 Å². The molecule has 33 heavy (non-hydrogen) atoms. The van der Waals surface area contributed by atoms with E-state index in [9.17, 15) is 19.5 Å². The summed E-state index contributed by atoms with van der Waals surface area (Å²) in [5.41, 5.74) is 1.96. The van der Waals surface area contributed by atoms with Crippen LogP contribution in [0.25, 0.3) is 16.7 Å². The summed E-state index contributed by atoms with van der Waals surface area (Å²) in [5, 5.41) is 14.3. The number of nitrogens with zero attached hydrogens (tertiary/aromatic N) is 1. The van der Waals surface area contributed by atoms with E-state index >= 15 is 0 Å². The Kier molecular flexibility index (Phi) is 6.02. The molecule has 170 valence electrons. The molecule has 1 fully saturated rings. The predicted octanol–water partition coefficient (Wildman–Crippen LogP) is 0.323. The van der Waals surface area contributed by atoms with Gasteiger partial charge in [0.1, 0.15) is 0 Å². The second kappa shape index (κ2) is 8.91. The van der Waals surface area contributed by atoms with Crippen LogP contribution < -0.4 is 10.0 Å². The number of likely N-dealkylation sites (tertiary alicyclic amines) is 1. The molecule has 0 saturated carbocycles. The van der Waals surface area contributed by atoms with Crippen molar-refractivity contribution in [1.82, 2.24) is 9.88 Å². The number of ketones is 1. The van der Waals surface area contributed by atoms with Crippen LogP contribution in [0.1, 0.15) is 27.5 Å². The lowest BCUT2D eigenvalue weighted by Crippen LogP contribution is -3.06. The standard InChI is InChI=1S/C25H25N3O5/c1-27(2)12-13-28-21(15-8-10-16(11-9-15)25(32)33-3)20(23(30)24(28)31)22(29)18-14-26-19-7-5-4-6-17(18)19/h4-11,14,21,26,29H,12-13H2,1-3H3.